The first kappa shape index (κ1) is 17.3. The first-order valence-electron chi connectivity index (χ1n) is 8.22. The maximum Gasteiger partial charge on any atom is 0.256 e. The molecule has 134 valence electrons. The third-order valence-electron chi connectivity index (χ3n) is 4.15. The van der Waals surface area contributed by atoms with Crippen molar-refractivity contribution in [2.24, 2.45) is 0 Å². The van der Waals surface area contributed by atoms with E-state index in [1.807, 2.05) is 0 Å². The van der Waals surface area contributed by atoms with Gasteiger partial charge in [0.15, 0.2) is 17.3 Å². The van der Waals surface area contributed by atoms with E-state index in [4.69, 9.17) is 9.47 Å². The highest BCUT2D eigenvalue weighted by atomic mass is 79.9. The first-order valence-corrected chi connectivity index (χ1v) is 9.01. The molecule has 0 atom stereocenters. The third kappa shape index (κ3) is 3.57. The van der Waals surface area contributed by atoms with Crippen LogP contribution in [0.3, 0.4) is 0 Å². The lowest BCUT2D eigenvalue weighted by atomic mass is 9.98. The Hall–Kier alpha value is -3.12. The summed E-state index contributed by atoms with van der Waals surface area (Å²) in [6.45, 7) is 0.164. The molecule has 0 unspecified atom stereocenters. The SMILES string of the molecule is O=C(Nc1ccc2c(c1)OCO2)c1ccccc1C(=O)c1ccc(Br)cc1. The number of rotatable bonds is 4. The van der Waals surface area contributed by atoms with Gasteiger partial charge >= 0.3 is 0 Å². The summed E-state index contributed by atoms with van der Waals surface area (Å²) in [7, 11) is 0. The molecule has 3 aromatic rings. The molecule has 0 fully saturated rings. The van der Waals surface area contributed by atoms with Crippen LogP contribution in [0.25, 0.3) is 0 Å². The summed E-state index contributed by atoms with van der Waals surface area (Å²) in [6.07, 6.45) is 0. The van der Waals surface area contributed by atoms with Crippen LogP contribution in [0, 0.1) is 0 Å². The molecule has 1 aliphatic heterocycles. The van der Waals surface area contributed by atoms with Gasteiger partial charge in [0.25, 0.3) is 5.91 Å². The molecule has 0 saturated carbocycles. The molecule has 0 bridgehead atoms. The number of nitrogens with one attached hydrogen (secondary N) is 1. The average molecular weight is 424 g/mol. The molecule has 27 heavy (non-hydrogen) atoms. The van der Waals surface area contributed by atoms with Gasteiger partial charge in [0, 0.05) is 27.4 Å². The smallest absolute Gasteiger partial charge is 0.256 e. The van der Waals surface area contributed by atoms with E-state index in [0.717, 1.165) is 4.47 Å². The van der Waals surface area contributed by atoms with Gasteiger partial charge in [0.05, 0.1) is 5.56 Å². The van der Waals surface area contributed by atoms with E-state index in [-0.39, 0.29) is 18.5 Å². The Bertz CT molecular complexity index is 1030. The fourth-order valence-electron chi connectivity index (χ4n) is 2.81. The fraction of sp³-hybridized carbons (Fsp3) is 0.0476. The third-order valence-corrected chi connectivity index (χ3v) is 4.68. The Labute approximate surface area is 164 Å². The highest BCUT2D eigenvalue weighted by Crippen LogP contribution is 2.34. The number of benzene rings is 3. The molecule has 0 aliphatic carbocycles. The van der Waals surface area contributed by atoms with Crippen LogP contribution in [-0.4, -0.2) is 18.5 Å². The van der Waals surface area contributed by atoms with E-state index in [1.54, 1.807) is 66.7 Å². The minimum atomic E-state index is -0.366. The van der Waals surface area contributed by atoms with Crippen LogP contribution < -0.4 is 14.8 Å². The van der Waals surface area contributed by atoms with Crippen LogP contribution in [-0.2, 0) is 0 Å². The van der Waals surface area contributed by atoms with Gasteiger partial charge in [-0.3, -0.25) is 9.59 Å². The number of ketones is 1. The Kier molecular flexibility index (Phi) is 4.64. The highest BCUT2D eigenvalue weighted by molar-refractivity contribution is 9.10. The van der Waals surface area contributed by atoms with Crippen LogP contribution in [0.1, 0.15) is 26.3 Å². The summed E-state index contributed by atoms with van der Waals surface area (Å²) >= 11 is 3.35. The van der Waals surface area contributed by atoms with E-state index >= 15 is 0 Å². The largest absolute Gasteiger partial charge is 0.454 e. The normalized spacial score (nSPS) is 11.9. The van der Waals surface area contributed by atoms with Crippen molar-refractivity contribution in [1.29, 1.82) is 0 Å². The van der Waals surface area contributed by atoms with Crippen molar-refractivity contribution in [1.82, 2.24) is 0 Å². The zero-order valence-electron chi connectivity index (χ0n) is 14.1. The van der Waals surface area contributed by atoms with Crippen molar-refractivity contribution in [2.75, 3.05) is 12.1 Å². The maximum absolute atomic E-state index is 12.9. The van der Waals surface area contributed by atoms with Crippen molar-refractivity contribution in [3.8, 4) is 11.5 Å². The molecule has 0 spiro atoms. The number of amides is 1. The zero-order chi connectivity index (χ0) is 18.8. The van der Waals surface area contributed by atoms with Gasteiger partial charge in [0.2, 0.25) is 6.79 Å². The Morgan fingerprint density at radius 2 is 1.56 bits per heavy atom. The van der Waals surface area contributed by atoms with Crippen LogP contribution in [0.2, 0.25) is 0 Å². The lowest BCUT2D eigenvalue weighted by Gasteiger charge is -2.10. The molecular formula is C21H14BrNO4. The van der Waals surface area contributed by atoms with Gasteiger partial charge < -0.3 is 14.8 Å². The summed E-state index contributed by atoms with van der Waals surface area (Å²) in [5.74, 6) is 0.639. The van der Waals surface area contributed by atoms with E-state index in [2.05, 4.69) is 21.2 Å². The van der Waals surface area contributed by atoms with Gasteiger partial charge in [0.1, 0.15) is 0 Å². The minimum absolute atomic E-state index is 0.164. The highest BCUT2D eigenvalue weighted by Gasteiger charge is 2.19. The molecule has 4 rings (SSSR count). The predicted octanol–water partition coefficient (Wildman–Crippen LogP) is 4.66. The monoisotopic (exact) mass is 423 g/mol. The number of anilines is 1. The lowest BCUT2D eigenvalue weighted by Crippen LogP contribution is -2.17. The Balaban J connectivity index is 1.61. The van der Waals surface area contributed by atoms with Gasteiger partial charge in [-0.25, -0.2) is 0 Å². The van der Waals surface area contributed by atoms with Crippen LogP contribution >= 0.6 is 15.9 Å². The second-order valence-electron chi connectivity index (χ2n) is 5.90. The summed E-state index contributed by atoms with van der Waals surface area (Å²) in [5.41, 5.74) is 1.73. The molecule has 1 aliphatic rings. The Morgan fingerprint density at radius 3 is 2.33 bits per heavy atom. The van der Waals surface area contributed by atoms with Crippen molar-refractivity contribution < 1.29 is 19.1 Å². The molecular weight excluding hydrogens is 410 g/mol. The van der Waals surface area contributed by atoms with Crippen molar-refractivity contribution in [2.45, 2.75) is 0 Å². The number of halogens is 1. The fourth-order valence-corrected chi connectivity index (χ4v) is 3.07. The molecule has 6 heteroatoms. The van der Waals surface area contributed by atoms with Crippen LogP contribution in [0.15, 0.2) is 71.2 Å². The lowest BCUT2D eigenvalue weighted by molar-refractivity contribution is 0.0996. The van der Waals surface area contributed by atoms with Gasteiger partial charge in [-0.2, -0.15) is 0 Å². The second-order valence-corrected chi connectivity index (χ2v) is 6.82. The molecule has 1 amide bonds. The second kappa shape index (κ2) is 7.25. The number of carbonyl (C=O) groups is 2. The summed E-state index contributed by atoms with van der Waals surface area (Å²) in [6, 6.07) is 18.9. The van der Waals surface area contributed by atoms with Crippen LogP contribution in [0.5, 0.6) is 11.5 Å². The number of carbonyl (C=O) groups excluding carboxylic acids is 2. The van der Waals surface area contributed by atoms with E-state index in [1.165, 1.54) is 0 Å². The average Bonchev–Trinajstić information content (AvgIpc) is 3.16. The maximum atomic E-state index is 12.9. The molecule has 0 saturated heterocycles. The van der Waals surface area contributed by atoms with E-state index < -0.39 is 0 Å². The molecule has 0 radical (unpaired) electrons. The van der Waals surface area contributed by atoms with Crippen molar-refractivity contribution >= 4 is 33.3 Å². The van der Waals surface area contributed by atoms with Crippen molar-refractivity contribution in [3.63, 3.8) is 0 Å². The molecule has 1 heterocycles. The van der Waals surface area contributed by atoms with Crippen molar-refractivity contribution in [3.05, 3.63) is 87.9 Å². The summed E-state index contributed by atoms with van der Waals surface area (Å²) in [4.78, 5) is 25.6. The van der Waals surface area contributed by atoms with E-state index in [0.29, 0.717) is 33.9 Å². The number of hydrogen-bond donors (Lipinski definition) is 1. The summed E-state index contributed by atoms with van der Waals surface area (Å²) < 4.78 is 11.5. The molecule has 0 aromatic heterocycles. The summed E-state index contributed by atoms with van der Waals surface area (Å²) in [5, 5.41) is 2.81. The molecule has 3 aromatic carbocycles. The Morgan fingerprint density at radius 1 is 0.852 bits per heavy atom. The standard InChI is InChI=1S/C21H14BrNO4/c22-14-7-5-13(6-8-14)20(24)16-3-1-2-4-17(16)21(25)23-15-9-10-18-19(11-15)27-12-26-18/h1-11H,12H2,(H,23,25). The quantitative estimate of drug-likeness (QED) is 0.619. The van der Waals surface area contributed by atoms with E-state index in [9.17, 15) is 9.59 Å². The molecule has 1 N–H and O–H groups in total. The first-order chi connectivity index (χ1) is 13.1. The predicted molar refractivity (Wildman–Crippen MR) is 105 cm³/mol. The van der Waals surface area contributed by atoms with Crippen LogP contribution in [0.4, 0.5) is 5.69 Å². The number of fused-ring (bicyclic) bond motifs is 1. The van der Waals surface area contributed by atoms with Gasteiger partial charge in [-0.1, -0.05) is 34.1 Å². The zero-order valence-corrected chi connectivity index (χ0v) is 15.7. The van der Waals surface area contributed by atoms with Gasteiger partial charge in [-0.05, 0) is 42.5 Å². The topological polar surface area (TPSA) is 64.6 Å². The van der Waals surface area contributed by atoms with Gasteiger partial charge in [-0.15, -0.1) is 0 Å². The number of ether oxygens (including phenoxy) is 2. The molecule has 5 nitrogen and oxygen atoms in total. The minimum Gasteiger partial charge on any atom is -0.454 e. The number of hydrogen-bond acceptors (Lipinski definition) is 4.